The Bertz CT molecular complexity index is 455. The van der Waals surface area contributed by atoms with Gasteiger partial charge in [0.2, 0.25) is 0 Å². The van der Waals surface area contributed by atoms with Gasteiger partial charge in [0, 0.05) is 12.1 Å². The maximum Gasteiger partial charge on any atom is 0.271 e. The number of hydrogen-bond acceptors (Lipinski definition) is 5. The van der Waals surface area contributed by atoms with E-state index in [0.29, 0.717) is 12.0 Å². The van der Waals surface area contributed by atoms with Gasteiger partial charge >= 0.3 is 0 Å². The van der Waals surface area contributed by atoms with Crippen LogP contribution in [0.5, 0.6) is 0 Å². The van der Waals surface area contributed by atoms with Gasteiger partial charge in [-0.2, -0.15) is 0 Å². The van der Waals surface area contributed by atoms with Gasteiger partial charge in [-0.25, -0.2) is 0 Å². The molecule has 6 nitrogen and oxygen atoms in total. The lowest BCUT2D eigenvalue weighted by Gasteiger charge is -2.11. The summed E-state index contributed by atoms with van der Waals surface area (Å²) in [6.45, 7) is 3.31. The van der Waals surface area contributed by atoms with E-state index in [2.05, 4.69) is 5.32 Å². The molecule has 0 radical (unpaired) electrons. The summed E-state index contributed by atoms with van der Waals surface area (Å²) in [6.07, 6.45) is 0.314. The number of rotatable bonds is 4. The number of benzene rings is 1. The van der Waals surface area contributed by atoms with E-state index in [9.17, 15) is 14.7 Å². The van der Waals surface area contributed by atoms with Crippen molar-refractivity contribution in [3.8, 4) is 0 Å². The highest BCUT2D eigenvalue weighted by atomic mass is 31.2. The fourth-order valence-electron chi connectivity index (χ4n) is 1.10. The van der Waals surface area contributed by atoms with Crippen molar-refractivity contribution in [2.75, 3.05) is 30.7 Å². The Kier molecular flexibility index (Phi) is 3.55. The molecule has 0 amide bonds. The van der Waals surface area contributed by atoms with Gasteiger partial charge in [0.1, 0.15) is 0 Å². The lowest BCUT2D eigenvalue weighted by molar-refractivity contribution is -0.384. The van der Waals surface area contributed by atoms with E-state index in [1.807, 2.05) is 0 Å². The molecule has 0 heterocycles. The topological polar surface area (TPSA) is 98.3 Å². The molecule has 1 aromatic carbocycles. The molecule has 1 aromatic rings. The first-order valence-electron chi connectivity index (χ1n) is 4.61. The van der Waals surface area contributed by atoms with Crippen molar-refractivity contribution in [1.29, 1.82) is 0 Å². The van der Waals surface area contributed by atoms with Crippen LogP contribution in [0.3, 0.4) is 0 Å². The number of anilines is 2. The fraction of sp³-hybridized carbons (Fsp3) is 0.333. The number of hydrogen-bond donors (Lipinski definition) is 2. The van der Waals surface area contributed by atoms with Gasteiger partial charge in [-0.15, -0.1) is 0 Å². The summed E-state index contributed by atoms with van der Waals surface area (Å²) in [4.78, 5) is 9.96. The summed E-state index contributed by atoms with van der Waals surface area (Å²) >= 11 is 0. The average molecular weight is 243 g/mol. The van der Waals surface area contributed by atoms with Crippen LogP contribution in [0.4, 0.5) is 17.1 Å². The normalized spacial score (nSPS) is 11.1. The van der Waals surface area contributed by atoms with Crippen LogP contribution >= 0.6 is 7.14 Å². The molecule has 0 fully saturated rings. The van der Waals surface area contributed by atoms with Crippen molar-refractivity contribution in [2.45, 2.75) is 0 Å². The van der Waals surface area contributed by atoms with Crippen LogP contribution in [0, 0.1) is 10.1 Å². The first-order valence-corrected chi connectivity index (χ1v) is 7.40. The van der Waals surface area contributed by atoms with Crippen molar-refractivity contribution in [3.05, 3.63) is 28.3 Å². The van der Waals surface area contributed by atoms with E-state index < -0.39 is 12.1 Å². The predicted molar refractivity (Wildman–Crippen MR) is 65.5 cm³/mol. The smallest absolute Gasteiger partial charge is 0.271 e. The highest BCUT2D eigenvalue weighted by Crippen LogP contribution is 2.36. The first-order chi connectivity index (χ1) is 7.29. The number of nitrogens with two attached hydrogens (primary N) is 1. The van der Waals surface area contributed by atoms with Crippen LogP contribution in [-0.4, -0.2) is 24.5 Å². The van der Waals surface area contributed by atoms with Gasteiger partial charge < -0.3 is 15.6 Å². The highest BCUT2D eigenvalue weighted by Gasteiger charge is 2.11. The molecule has 0 aromatic heterocycles. The molecule has 0 saturated carbocycles. The Balaban J connectivity index is 2.84. The van der Waals surface area contributed by atoms with Crippen LogP contribution < -0.4 is 11.1 Å². The summed E-state index contributed by atoms with van der Waals surface area (Å²) in [5, 5.41) is 13.4. The third kappa shape index (κ3) is 3.55. The van der Waals surface area contributed by atoms with Crippen molar-refractivity contribution in [2.24, 2.45) is 0 Å². The quantitative estimate of drug-likeness (QED) is 0.365. The second kappa shape index (κ2) is 4.53. The number of nitrogens with zero attached hydrogens (tertiary/aromatic N) is 1. The number of nitrogen functional groups attached to an aromatic ring is 1. The highest BCUT2D eigenvalue weighted by molar-refractivity contribution is 7.62. The minimum absolute atomic E-state index is 0.0563. The SMILES string of the molecule is CP(C)(=O)CNc1ccc([N+](=O)[O-])cc1N. The largest absolute Gasteiger partial charge is 0.397 e. The van der Waals surface area contributed by atoms with Crippen LogP contribution in [0.2, 0.25) is 0 Å². The van der Waals surface area contributed by atoms with Gasteiger partial charge in [0.25, 0.3) is 5.69 Å². The number of nitrogens with one attached hydrogen (secondary N) is 1. The van der Waals surface area contributed by atoms with Crippen LogP contribution in [-0.2, 0) is 4.57 Å². The maximum atomic E-state index is 11.5. The molecule has 16 heavy (non-hydrogen) atoms. The zero-order valence-electron chi connectivity index (χ0n) is 9.14. The van der Waals surface area contributed by atoms with Crippen LogP contribution in [0.15, 0.2) is 18.2 Å². The Hall–Kier alpha value is -1.55. The molecular weight excluding hydrogens is 229 g/mol. The lowest BCUT2D eigenvalue weighted by Crippen LogP contribution is -2.04. The molecule has 0 aliphatic carbocycles. The third-order valence-corrected chi connectivity index (χ3v) is 2.82. The minimum Gasteiger partial charge on any atom is -0.397 e. The van der Waals surface area contributed by atoms with E-state index in [1.165, 1.54) is 18.2 Å². The molecule has 0 saturated heterocycles. The van der Waals surface area contributed by atoms with Crippen molar-refractivity contribution >= 4 is 24.2 Å². The molecular formula is C9H14N3O3P. The van der Waals surface area contributed by atoms with Crippen molar-refractivity contribution < 1.29 is 9.49 Å². The standard InChI is InChI=1S/C9H14N3O3P/c1-16(2,15)6-11-9-4-3-7(12(13)14)5-8(9)10/h3-5,11H,6,10H2,1-2H3. The van der Waals surface area contributed by atoms with E-state index >= 15 is 0 Å². The zero-order valence-corrected chi connectivity index (χ0v) is 10.0. The molecule has 88 valence electrons. The fourth-order valence-corrected chi connectivity index (χ4v) is 1.65. The van der Waals surface area contributed by atoms with Crippen LogP contribution in [0.1, 0.15) is 0 Å². The third-order valence-electron chi connectivity index (χ3n) is 1.90. The molecule has 7 heteroatoms. The second-order valence-corrected chi connectivity index (χ2v) is 7.40. The lowest BCUT2D eigenvalue weighted by atomic mass is 10.2. The van der Waals surface area contributed by atoms with E-state index in [-0.39, 0.29) is 11.4 Å². The summed E-state index contributed by atoms with van der Waals surface area (Å²) in [5.41, 5.74) is 6.42. The van der Waals surface area contributed by atoms with Crippen LogP contribution in [0.25, 0.3) is 0 Å². The number of non-ortho nitro benzene ring substituents is 1. The molecule has 0 unspecified atom stereocenters. The predicted octanol–water partition coefficient (Wildman–Crippen LogP) is 2.17. The Morgan fingerprint density at radius 1 is 1.50 bits per heavy atom. The van der Waals surface area contributed by atoms with Crippen molar-refractivity contribution in [1.82, 2.24) is 0 Å². The van der Waals surface area contributed by atoms with Gasteiger partial charge in [-0.3, -0.25) is 10.1 Å². The van der Waals surface area contributed by atoms with Gasteiger partial charge in [0.05, 0.1) is 29.7 Å². The summed E-state index contributed by atoms with van der Waals surface area (Å²) in [6, 6.07) is 4.15. The Morgan fingerprint density at radius 3 is 2.56 bits per heavy atom. The van der Waals surface area contributed by atoms with E-state index in [0.717, 1.165) is 0 Å². The Morgan fingerprint density at radius 2 is 2.12 bits per heavy atom. The molecule has 1 rings (SSSR count). The summed E-state index contributed by atoms with van der Waals surface area (Å²) in [7, 11) is -2.18. The average Bonchev–Trinajstić information content (AvgIpc) is 2.14. The van der Waals surface area contributed by atoms with E-state index in [4.69, 9.17) is 5.73 Å². The maximum absolute atomic E-state index is 11.5. The second-order valence-electron chi connectivity index (χ2n) is 3.94. The minimum atomic E-state index is -2.18. The van der Waals surface area contributed by atoms with Crippen molar-refractivity contribution in [3.63, 3.8) is 0 Å². The number of nitro benzene ring substituents is 1. The molecule has 3 N–H and O–H groups in total. The molecule has 0 bridgehead atoms. The molecule has 0 atom stereocenters. The Labute approximate surface area is 93.4 Å². The number of nitro groups is 1. The van der Waals surface area contributed by atoms with Gasteiger partial charge in [0.15, 0.2) is 0 Å². The summed E-state index contributed by atoms with van der Waals surface area (Å²) in [5.74, 6) is 0. The molecule has 0 aliphatic rings. The molecule has 0 spiro atoms. The van der Waals surface area contributed by atoms with Gasteiger partial charge in [-0.05, 0) is 19.4 Å². The first kappa shape index (κ1) is 12.5. The molecule has 0 aliphatic heterocycles. The zero-order chi connectivity index (χ0) is 12.3. The monoisotopic (exact) mass is 243 g/mol. The van der Waals surface area contributed by atoms with E-state index in [1.54, 1.807) is 13.3 Å². The summed E-state index contributed by atoms with van der Waals surface area (Å²) < 4.78 is 11.5. The van der Waals surface area contributed by atoms with Gasteiger partial charge in [-0.1, -0.05) is 0 Å².